The minimum absolute atomic E-state index is 0.0973. The molecule has 0 saturated carbocycles. The number of rotatable bonds is 8. The van der Waals surface area contributed by atoms with Gasteiger partial charge in [0.05, 0.1) is 11.3 Å². The van der Waals surface area contributed by atoms with Crippen molar-refractivity contribution in [2.45, 2.75) is 26.3 Å². The number of hydrogen-bond acceptors (Lipinski definition) is 4. The molecule has 178 valence electrons. The molecule has 3 aromatic carbocycles. The quantitative estimate of drug-likeness (QED) is 0.309. The first-order valence-corrected chi connectivity index (χ1v) is 12.3. The Balaban J connectivity index is 1.35. The number of anilines is 2. The van der Waals surface area contributed by atoms with Crippen LogP contribution in [0.25, 0.3) is 10.8 Å². The van der Waals surface area contributed by atoms with E-state index in [9.17, 15) is 14.4 Å². The van der Waals surface area contributed by atoms with Crippen LogP contribution in [0.1, 0.15) is 29.1 Å². The maximum absolute atomic E-state index is 12.9. The van der Waals surface area contributed by atoms with Crippen LogP contribution in [0.2, 0.25) is 0 Å². The predicted molar refractivity (Wildman–Crippen MR) is 142 cm³/mol. The Hall–Kier alpha value is -3.97. The van der Waals surface area contributed by atoms with Crippen LogP contribution in [0.4, 0.5) is 11.4 Å². The third kappa shape index (κ3) is 6.33. The van der Waals surface area contributed by atoms with Crippen LogP contribution in [0, 0.1) is 5.92 Å². The van der Waals surface area contributed by atoms with Crippen LogP contribution in [0.5, 0.6) is 0 Å². The molecule has 6 nitrogen and oxygen atoms in total. The highest BCUT2D eigenvalue weighted by molar-refractivity contribution is 7.12. The third-order valence-electron chi connectivity index (χ3n) is 5.60. The van der Waals surface area contributed by atoms with Crippen molar-refractivity contribution in [2.75, 3.05) is 10.6 Å². The Morgan fingerprint density at radius 3 is 2.14 bits per heavy atom. The van der Waals surface area contributed by atoms with E-state index >= 15 is 0 Å². The highest BCUT2D eigenvalue weighted by atomic mass is 32.1. The van der Waals surface area contributed by atoms with Crippen LogP contribution in [-0.2, 0) is 16.0 Å². The fourth-order valence-electron chi connectivity index (χ4n) is 3.75. The van der Waals surface area contributed by atoms with Crippen molar-refractivity contribution in [1.29, 1.82) is 0 Å². The molecule has 0 radical (unpaired) electrons. The van der Waals surface area contributed by atoms with E-state index in [4.69, 9.17) is 0 Å². The normalized spacial score (nSPS) is 11.7. The molecule has 4 aromatic rings. The molecule has 35 heavy (non-hydrogen) atoms. The Labute approximate surface area is 208 Å². The number of thiophene rings is 1. The molecule has 3 N–H and O–H groups in total. The van der Waals surface area contributed by atoms with Crippen molar-refractivity contribution < 1.29 is 14.4 Å². The number of amides is 3. The van der Waals surface area contributed by atoms with E-state index in [1.807, 2.05) is 67.8 Å². The van der Waals surface area contributed by atoms with Crippen molar-refractivity contribution >= 4 is 51.2 Å². The molecule has 1 aromatic heterocycles. The maximum atomic E-state index is 12.9. The van der Waals surface area contributed by atoms with Crippen molar-refractivity contribution in [2.24, 2.45) is 5.92 Å². The highest BCUT2D eigenvalue weighted by Crippen LogP contribution is 2.18. The molecular weight excluding hydrogens is 458 g/mol. The zero-order chi connectivity index (χ0) is 24.8. The molecule has 0 aliphatic heterocycles. The Morgan fingerprint density at radius 1 is 0.800 bits per heavy atom. The number of benzene rings is 3. The highest BCUT2D eigenvalue weighted by Gasteiger charge is 2.24. The lowest BCUT2D eigenvalue weighted by Crippen LogP contribution is -2.47. The van der Waals surface area contributed by atoms with Crippen molar-refractivity contribution in [3.8, 4) is 0 Å². The van der Waals surface area contributed by atoms with Gasteiger partial charge in [-0.3, -0.25) is 14.4 Å². The van der Waals surface area contributed by atoms with Crippen molar-refractivity contribution in [3.05, 3.63) is 94.7 Å². The molecule has 3 amide bonds. The summed E-state index contributed by atoms with van der Waals surface area (Å²) in [7, 11) is 0. The number of hydrogen-bond donors (Lipinski definition) is 3. The second kappa shape index (κ2) is 11.0. The average molecular weight is 486 g/mol. The molecule has 7 heteroatoms. The smallest absolute Gasteiger partial charge is 0.265 e. The summed E-state index contributed by atoms with van der Waals surface area (Å²) in [6.45, 7) is 3.79. The Kier molecular flexibility index (Phi) is 7.57. The zero-order valence-electron chi connectivity index (χ0n) is 19.6. The van der Waals surface area contributed by atoms with E-state index in [2.05, 4.69) is 16.0 Å². The third-order valence-corrected chi connectivity index (χ3v) is 6.47. The van der Waals surface area contributed by atoms with Crippen LogP contribution in [0.3, 0.4) is 0 Å². The molecule has 1 unspecified atom stereocenters. The minimum atomic E-state index is -0.679. The van der Waals surface area contributed by atoms with Crippen LogP contribution in [0.15, 0.2) is 84.2 Å². The molecule has 4 rings (SSSR count). The van der Waals surface area contributed by atoms with Gasteiger partial charge >= 0.3 is 0 Å². The summed E-state index contributed by atoms with van der Waals surface area (Å²) in [6.07, 6.45) is 0.194. The molecular formula is C28H27N3O3S. The molecule has 0 aliphatic carbocycles. The second-order valence-electron chi connectivity index (χ2n) is 8.65. The molecule has 1 heterocycles. The van der Waals surface area contributed by atoms with E-state index < -0.39 is 6.04 Å². The lowest BCUT2D eigenvalue weighted by molar-refractivity contribution is -0.127. The molecule has 0 spiro atoms. The van der Waals surface area contributed by atoms with Crippen molar-refractivity contribution in [1.82, 2.24) is 5.32 Å². The summed E-state index contributed by atoms with van der Waals surface area (Å²) < 4.78 is 0. The SMILES string of the molecule is CC(C)C(NC(=O)Cc1ccc2ccccc2c1)C(=O)Nc1ccc(NC(=O)c2cccs2)cc1. The largest absolute Gasteiger partial charge is 0.344 e. The molecule has 0 aliphatic rings. The minimum Gasteiger partial charge on any atom is -0.344 e. The van der Waals surface area contributed by atoms with Gasteiger partial charge in [-0.15, -0.1) is 11.3 Å². The number of nitrogens with one attached hydrogen (secondary N) is 3. The molecule has 0 saturated heterocycles. The first kappa shape index (κ1) is 24.2. The van der Waals surface area contributed by atoms with E-state index in [1.54, 1.807) is 30.3 Å². The summed E-state index contributed by atoms with van der Waals surface area (Å²) >= 11 is 1.37. The van der Waals surface area contributed by atoms with Gasteiger partial charge in [-0.25, -0.2) is 0 Å². The fourth-order valence-corrected chi connectivity index (χ4v) is 4.37. The van der Waals surface area contributed by atoms with Gasteiger partial charge in [-0.2, -0.15) is 0 Å². The number of fused-ring (bicyclic) bond motifs is 1. The van der Waals surface area contributed by atoms with Crippen LogP contribution >= 0.6 is 11.3 Å². The lowest BCUT2D eigenvalue weighted by Gasteiger charge is -2.22. The Morgan fingerprint density at radius 2 is 1.49 bits per heavy atom. The van der Waals surface area contributed by atoms with Gasteiger partial charge in [-0.1, -0.05) is 62.4 Å². The van der Waals surface area contributed by atoms with Gasteiger partial charge in [0.15, 0.2) is 0 Å². The Bertz CT molecular complexity index is 1330. The monoisotopic (exact) mass is 485 g/mol. The lowest BCUT2D eigenvalue weighted by atomic mass is 10.0. The predicted octanol–water partition coefficient (Wildman–Crippen LogP) is 5.48. The standard InChI is InChI=1S/C28H27N3O3S/c1-18(2)26(31-25(32)17-19-9-10-20-6-3-4-7-21(20)16-19)28(34)30-23-13-11-22(12-14-23)29-27(33)24-8-5-15-35-24/h3-16,18,26H,17H2,1-2H3,(H,29,33)(H,30,34)(H,31,32). The van der Waals surface area contributed by atoms with E-state index in [-0.39, 0.29) is 30.1 Å². The van der Waals surface area contributed by atoms with Gasteiger partial charge < -0.3 is 16.0 Å². The molecule has 1 atom stereocenters. The van der Waals surface area contributed by atoms with E-state index in [1.165, 1.54) is 11.3 Å². The van der Waals surface area contributed by atoms with Gasteiger partial charge in [0.25, 0.3) is 5.91 Å². The van der Waals surface area contributed by atoms with E-state index in [0.717, 1.165) is 16.3 Å². The van der Waals surface area contributed by atoms with Crippen LogP contribution < -0.4 is 16.0 Å². The van der Waals surface area contributed by atoms with Gasteiger partial charge in [0.1, 0.15) is 6.04 Å². The maximum Gasteiger partial charge on any atom is 0.265 e. The zero-order valence-corrected chi connectivity index (χ0v) is 20.4. The fraction of sp³-hybridized carbons (Fsp3) is 0.179. The average Bonchev–Trinajstić information content (AvgIpc) is 3.39. The van der Waals surface area contributed by atoms with Gasteiger partial charge in [-0.05, 0) is 58.0 Å². The summed E-state index contributed by atoms with van der Waals surface area (Å²) in [5.41, 5.74) is 2.10. The topological polar surface area (TPSA) is 87.3 Å². The first-order valence-electron chi connectivity index (χ1n) is 11.4. The number of carbonyl (C=O) groups excluding carboxylic acids is 3. The summed E-state index contributed by atoms with van der Waals surface area (Å²) in [5.74, 6) is -0.770. The van der Waals surface area contributed by atoms with Gasteiger partial charge in [0.2, 0.25) is 11.8 Å². The molecule has 0 fully saturated rings. The van der Waals surface area contributed by atoms with Crippen molar-refractivity contribution in [3.63, 3.8) is 0 Å². The molecule has 0 bridgehead atoms. The van der Waals surface area contributed by atoms with Gasteiger partial charge in [0, 0.05) is 11.4 Å². The summed E-state index contributed by atoms with van der Waals surface area (Å²) in [4.78, 5) is 38.5. The second-order valence-corrected chi connectivity index (χ2v) is 9.59. The van der Waals surface area contributed by atoms with Crippen LogP contribution in [-0.4, -0.2) is 23.8 Å². The van der Waals surface area contributed by atoms with E-state index in [0.29, 0.717) is 16.3 Å². The summed E-state index contributed by atoms with van der Waals surface area (Å²) in [5, 5.41) is 12.6. The number of carbonyl (C=O) groups is 3. The first-order chi connectivity index (χ1) is 16.9. The summed E-state index contributed by atoms with van der Waals surface area (Å²) in [6, 6.07) is 23.7.